The van der Waals surface area contributed by atoms with E-state index >= 15 is 0 Å². The molecule has 1 aromatic rings. The second-order valence-corrected chi connectivity index (χ2v) is 9.10. The zero-order valence-electron chi connectivity index (χ0n) is 16.9. The Morgan fingerprint density at radius 2 is 1.75 bits per heavy atom. The third-order valence-corrected chi connectivity index (χ3v) is 7.19. The minimum atomic E-state index is -0.155. The molecule has 0 unspecified atom stereocenters. The van der Waals surface area contributed by atoms with Gasteiger partial charge >= 0.3 is 0 Å². The maximum Gasteiger partial charge on any atom is 0.222 e. The fraction of sp³-hybridized carbons (Fsp3) is 0.625. The van der Waals surface area contributed by atoms with Crippen LogP contribution in [0, 0.1) is 5.41 Å². The summed E-state index contributed by atoms with van der Waals surface area (Å²) in [5.74, 6) is 0.347. The standard InChI is InChI=1S/C24H34N2O2/c27-22-10-8-21(9-11-22)26-19-24(13-12-23(26)28)14-17-25(18-15-24)16-4-7-20-5-2-1-3-6-20/h1-7,21-22,27H,8-19H2/b7-4+. The summed E-state index contributed by atoms with van der Waals surface area (Å²) in [6.07, 6.45) is 12.2. The van der Waals surface area contributed by atoms with Crippen molar-refractivity contribution in [1.82, 2.24) is 9.80 Å². The number of benzene rings is 1. The lowest BCUT2D eigenvalue weighted by atomic mass is 9.71. The van der Waals surface area contributed by atoms with E-state index in [0.717, 1.165) is 58.3 Å². The van der Waals surface area contributed by atoms with Crippen molar-refractivity contribution in [2.45, 2.75) is 63.5 Å². The van der Waals surface area contributed by atoms with Gasteiger partial charge in [0, 0.05) is 25.6 Å². The van der Waals surface area contributed by atoms with Gasteiger partial charge in [-0.1, -0.05) is 42.5 Å². The van der Waals surface area contributed by atoms with Crippen molar-refractivity contribution >= 4 is 12.0 Å². The highest BCUT2D eigenvalue weighted by Crippen LogP contribution is 2.42. The number of amides is 1. The molecule has 0 atom stereocenters. The SMILES string of the molecule is O=C1CCC2(CCN(C/C=C/c3ccccc3)CC2)CN1C1CCC(O)CC1. The number of carbonyl (C=O) groups is 1. The maximum atomic E-state index is 12.6. The van der Waals surface area contributed by atoms with Gasteiger partial charge < -0.3 is 10.0 Å². The highest BCUT2D eigenvalue weighted by atomic mass is 16.3. The summed E-state index contributed by atoms with van der Waals surface area (Å²) in [6.45, 7) is 4.21. The first-order valence-corrected chi connectivity index (χ1v) is 11.1. The van der Waals surface area contributed by atoms with Crippen molar-refractivity contribution in [3.05, 3.63) is 42.0 Å². The molecule has 1 saturated carbocycles. The first-order chi connectivity index (χ1) is 13.6. The number of likely N-dealkylation sites (tertiary alicyclic amines) is 2. The second kappa shape index (κ2) is 8.79. The average Bonchev–Trinajstić information content (AvgIpc) is 2.73. The topological polar surface area (TPSA) is 43.8 Å². The summed E-state index contributed by atoms with van der Waals surface area (Å²) in [7, 11) is 0. The Hall–Kier alpha value is -1.65. The minimum Gasteiger partial charge on any atom is -0.393 e. The van der Waals surface area contributed by atoms with Gasteiger partial charge in [0.2, 0.25) is 5.91 Å². The molecule has 2 aliphatic heterocycles. The van der Waals surface area contributed by atoms with Gasteiger partial charge in [0.25, 0.3) is 0 Å². The van der Waals surface area contributed by atoms with E-state index in [0.29, 0.717) is 23.8 Å². The van der Waals surface area contributed by atoms with Crippen LogP contribution in [0.5, 0.6) is 0 Å². The summed E-state index contributed by atoms with van der Waals surface area (Å²) in [5.41, 5.74) is 1.58. The van der Waals surface area contributed by atoms with Gasteiger partial charge in [-0.25, -0.2) is 0 Å². The Kier molecular flexibility index (Phi) is 6.17. The summed E-state index contributed by atoms with van der Waals surface area (Å²) < 4.78 is 0. The summed E-state index contributed by atoms with van der Waals surface area (Å²) in [5, 5.41) is 9.79. The van der Waals surface area contributed by atoms with Crippen LogP contribution in [-0.4, -0.2) is 59.1 Å². The van der Waals surface area contributed by atoms with E-state index in [1.165, 1.54) is 18.4 Å². The van der Waals surface area contributed by atoms with Crippen LogP contribution in [-0.2, 0) is 4.79 Å². The first-order valence-electron chi connectivity index (χ1n) is 11.1. The monoisotopic (exact) mass is 382 g/mol. The van der Waals surface area contributed by atoms with Crippen LogP contribution >= 0.6 is 0 Å². The summed E-state index contributed by atoms with van der Waals surface area (Å²) in [6, 6.07) is 10.8. The molecule has 4 heteroatoms. The molecule has 0 aromatic heterocycles. The molecular formula is C24H34N2O2. The lowest BCUT2D eigenvalue weighted by Crippen LogP contribution is -2.55. The highest BCUT2D eigenvalue weighted by Gasteiger charge is 2.43. The number of rotatable bonds is 4. The zero-order valence-corrected chi connectivity index (χ0v) is 16.9. The van der Waals surface area contributed by atoms with Gasteiger partial charge in [0.1, 0.15) is 0 Å². The Balaban J connectivity index is 1.29. The van der Waals surface area contributed by atoms with E-state index in [-0.39, 0.29) is 6.10 Å². The summed E-state index contributed by atoms with van der Waals surface area (Å²) in [4.78, 5) is 17.3. The van der Waals surface area contributed by atoms with Gasteiger partial charge in [-0.2, -0.15) is 0 Å². The number of carbonyl (C=O) groups excluding carboxylic acids is 1. The zero-order chi connectivity index (χ0) is 19.4. The minimum absolute atomic E-state index is 0.155. The van der Waals surface area contributed by atoms with Crippen molar-refractivity contribution in [3.63, 3.8) is 0 Å². The van der Waals surface area contributed by atoms with Crippen molar-refractivity contribution < 1.29 is 9.90 Å². The number of nitrogens with zero attached hydrogens (tertiary/aromatic N) is 2. The Bertz CT molecular complexity index is 671. The second-order valence-electron chi connectivity index (χ2n) is 9.10. The molecule has 3 fully saturated rings. The van der Waals surface area contributed by atoms with Crippen molar-refractivity contribution in [2.24, 2.45) is 5.41 Å². The molecule has 4 rings (SSSR count). The van der Waals surface area contributed by atoms with Crippen LogP contribution in [0.15, 0.2) is 36.4 Å². The molecule has 0 radical (unpaired) electrons. The van der Waals surface area contributed by atoms with Crippen LogP contribution in [0.25, 0.3) is 6.08 Å². The normalized spacial score (nSPS) is 28.9. The lowest BCUT2D eigenvalue weighted by molar-refractivity contribution is -0.143. The molecule has 1 spiro atoms. The number of hydrogen-bond donors (Lipinski definition) is 1. The Labute approximate surface area is 169 Å². The van der Waals surface area contributed by atoms with Gasteiger partial charge in [0.05, 0.1) is 6.10 Å². The molecule has 28 heavy (non-hydrogen) atoms. The Morgan fingerprint density at radius 3 is 2.46 bits per heavy atom. The van der Waals surface area contributed by atoms with E-state index in [1.807, 2.05) is 0 Å². The van der Waals surface area contributed by atoms with Crippen molar-refractivity contribution in [3.8, 4) is 0 Å². The van der Waals surface area contributed by atoms with E-state index < -0.39 is 0 Å². The van der Waals surface area contributed by atoms with Gasteiger partial charge in [-0.3, -0.25) is 9.69 Å². The van der Waals surface area contributed by atoms with E-state index in [4.69, 9.17) is 0 Å². The van der Waals surface area contributed by atoms with E-state index in [1.54, 1.807) is 0 Å². The fourth-order valence-corrected chi connectivity index (χ4v) is 5.27. The largest absolute Gasteiger partial charge is 0.393 e. The molecule has 2 saturated heterocycles. The van der Waals surface area contributed by atoms with Crippen LogP contribution in [0.3, 0.4) is 0 Å². The van der Waals surface area contributed by atoms with Crippen molar-refractivity contribution in [2.75, 3.05) is 26.2 Å². The lowest BCUT2D eigenvalue weighted by Gasteiger charge is -2.50. The fourth-order valence-electron chi connectivity index (χ4n) is 5.27. The number of aliphatic hydroxyl groups is 1. The van der Waals surface area contributed by atoms with Gasteiger partial charge in [-0.15, -0.1) is 0 Å². The van der Waals surface area contributed by atoms with E-state index in [2.05, 4.69) is 52.3 Å². The molecule has 152 valence electrons. The highest BCUT2D eigenvalue weighted by molar-refractivity contribution is 5.77. The molecule has 0 bridgehead atoms. The average molecular weight is 383 g/mol. The maximum absolute atomic E-state index is 12.6. The summed E-state index contributed by atoms with van der Waals surface area (Å²) >= 11 is 0. The van der Waals surface area contributed by atoms with Gasteiger partial charge in [0.15, 0.2) is 0 Å². The third-order valence-electron chi connectivity index (χ3n) is 7.19. The van der Waals surface area contributed by atoms with Gasteiger partial charge in [-0.05, 0) is 69.0 Å². The number of hydrogen-bond acceptors (Lipinski definition) is 3. The predicted molar refractivity (Wildman–Crippen MR) is 113 cm³/mol. The molecule has 1 amide bonds. The van der Waals surface area contributed by atoms with Crippen LogP contribution in [0.4, 0.5) is 0 Å². The van der Waals surface area contributed by atoms with E-state index in [9.17, 15) is 9.90 Å². The smallest absolute Gasteiger partial charge is 0.222 e. The Morgan fingerprint density at radius 1 is 1.04 bits per heavy atom. The van der Waals surface area contributed by atoms with Crippen LogP contribution in [0.1, 0.15) is 56.9 Å². The molecule has 1 N–H and O–H groups in total. The molecule has 3 aliphatic rings. The quantitative estimate of drug-likeness (QED) is 0.863. The molecule has 2 heterocycles. The van der Waals surface area contributed by atoms with Crippen molar-refractivity contribution in [1.29, 1.82) is 0 Å². The van der Waals surface area contributed by atoms with Crippen LogP contribution in [0.2, 0.25) is 0 Å². The molecule has 1 aromatic carbocycles. The number of piperidine rings is 2. The molecule has 4 nitrogen and oxygen atoms in total. The number of aliphatic hydroxyl groups excluding tert-OH is 1. The first kappa shape index (κ1) is 19.7. The third kappa shape index (κ3) is 4.66. The predicted octanol–water partition coefficient (Wildman–Crippen LogP) is 3.71. The molecular weight excluding hydrogens is 348 g/mol. The molecule has 1 aliphatic carbocycles. The van der Waals surface area contributed by atoms with Crippen LogP contribution < -0.4 is 0 Å².